The van der Waals surface area contributed by atoms with Crippen LogP contribution in [-0.2, 0) is 0 Å². The number of fused-ring (bicyclic) bond motifs is 14. The first-order valence-corrected chi connectivity index (χ1v) is 34.2. The van der Waals surface area contributed by atoms with Gasteiger partial charge in [-0.15, -0.1) is 0 Å². The minimum atomic E-state index is 1.17. The van der Waals surface area contributed by atoms with Crippen molar-refractivity contribution in [2.24, 2.45) is 0 Å². The van der Waals surface area contributed by atoms with Gasteiger partial charge in [-0.05, 0) is 296 Å². The molecule has 0 amide bonds. The molecule has 0 spiro atoms. The fraction of sp³-hybridized carbons (Fsp3) is 0. The summed E-state index contributed by atoms with van der Waals surface area (Å²) in [5.74, 6) is 0. The van der Waals surface area contributed by atoms with Gasteiger partial charge in [-0.1, -0.05) is 273 Å². The normalized spacial score (nSPS) is 12.1. The highest BCUT2D eigenvalue weighted by Crippen LogP contribution is 2.60. The van der Waals surface area contributed by atoms with Crippen molar-refractivity contribution in [3.05, 3.63) is 352 Å². The number of rotatable bonds is 6. The fourth-order valence-electron chi connectivity index (χ4n) is 17.1. The highest BCUT2D eigenvalue weighted by atomic mass is 14.3. The quantitative estimate of drug-likeness (QED) is 0.146. The minimum Gasteiger partial charge on any atom is -0.0616 e. The van der Waals surface area contributed by atoms with Gasteiger partial charge in [0.05, 0.1) is 0 Å². The van der Waals surface area contributed by atoms with E-state index >= 15 is 0 Å². The van der Waals surface area contributed by atoms with Crippen LogP contribution in [0.25, 0.3) is 218 Å². The summed E-state index contributed by atoms with van der Waals surface area (Å²) in [7, 11) is 0. The Morgan fingerprint density at radius 2 is 0.347 bits per heavy atom. The first kappa shape index (κ1) is 54.6. The average molecular weight is 1240 g/mol. The summed E-state index contributed by atoms with van der Waals surface area (Å²) >= 11 is 0. The van der Waals surface area contributed by atoms with Crippen molar-refractivity contribution in [1.82, 2.24) is 0 Å². The lowest BCUT2D eigenvalue weighted by atomic mass is 9.72. The van der Waals surface area contributed by atoms with Crippen molar-refractivity contribution >= 4 is 151 Å². The molecule has 0 heteroatoms. The molecule has 0 aliphatic heterocycles. The van der Waals surface area contributed by atoms with Gasteiger partial charge in [0.1, 0.15) is 0 Å². The molecule has 0 atom stereocenters. The van der Waals surface area contributed by atoms with Crippen molar-refractivity contribution in [2.45, 2.75) is 0 Å². The Morgan fingerprint density at radius 3 is 0.724 bits per heavy atom. The second-order valence-electron chi connectivity index (χ2n) is 26.9. The van der Waals surface area contributed by atoms with Gasteiger partial charge < -0.3 is 0 Å². The monoisotopic (exact) mass is 1230 g/mol. The van der Waals surface area contributed by atoms with E-state index in [0.717, 1.165) is 0 Å². The first-order valence-electron chi connectivity index (χ1n) is 34.2. The smallest absolute Gasteiger partial charge is 0.000696 e. The lowest BCUT2D eigenvalue weighted by Gasteiger charge is -2.30. The molecule has 0 saturated carbocycles. The van der Waals surface area contributed by atoms with Crippen LogP contribution in [0.4, 0.5) is 0 Å². The molecule has 0 bridgehead atoms. The van der Waals surface area contributed by atoms with E-state index in [1.807, 2.05) is 0 Å². The third-order valence-corrected chi connectivity index (χ3v) is 21.6. The van der Waals surface area contributed by atoms with Crippen LogP contribution >= 0.6 is 0 Å². The van der Waals surface area contributed by atoms with Crippen LogP contribution < -0.4 is 0 Å². The Bertz CT molecular complexity index is 7040. The lowest BCUT2D eigenvalue weighted by molar-refractivity contribution is 1.62. The van der Waals surface area contributed by atoms with E-state index in [4.69, 9.17) is 0 Å². The number of hydrogen-bond acceptors (Lipinski definition) is 0. The minimum absolute atomic E-state index is 1.17. The predicted molar refractivity (Wildman–Crippen MR) is 424 cm³/mol. The third-order valence-electron chi connectivity index (χ3n) is 21.6. The molecule has 0 heterocycles. The Kier molecular flexibility index (Phi) is 11.9. The summed E-state index contributed by atoms with van der Waals surface area (Å²) in [4.78, 5) is 0. The zero-order valence-electron chi connectivity index (χ0n) is 53.5. The van der Waals surface area contributed by atoms with E-state index < -0.39 is 0 Å². The van der Waals surface area contributed by atoms with E-state index in [1.54, 1.807) is 0 Å². The molecule has 0 unspecified atom stereocenters. The van der Waals surface area contributed by atoms with Gasteiger partial charge in [0, 0.05) is 0 Å². The van der Waals surface area contributed by atoms with Crippen LogP contribution in [0, 0.1) is 0 Å². The molecule has 0 radical (unpaired) electrons. The second kappa shape index (κ2) is 21.4. The molecule has 0 aromatic heterocycles. The van der Waals surface area contributed by atoms with Crippen LogP contribution in [0.1, 0.15) is 0 Å². The highest BCUT2D eigenvalue weighted by molar-refractivity contribution is 6.34. The van der Waals surface area contributed by atoms with Gasteiger partial charge in [0.2, 0.25) is 0 Å². The van der Waals surface area contributed by atoms with Crippen LogP contribution in [0.2, 0.25) is 0 Å². The van der Waals surface area contributed by atoms with Crippen molar-refractivity contribution < 1.29 is 0 Å². The molecule has 0 N–H and O–H groups in total. The van der Waals surface area contributed by atoms with E-state index in [0.29, 0.717) is 0 Å². The maximum Gasteiger partial charge on any atom is -0.000696 e. The molecular formula is C98H58. The van der Waals surface area contributed by atoms with Crippen LogP contribution in [0.3, 0.4) is 0 Å². The Hall–Kier alpha value is -12.7. The maximum absolute atomic E-state index is 2.60. The summed E-state index contributed by atoms with van der Waals surface area (Å²) in [6.45, 7) is 0. The van der Waals surface area contributed by atoms with E-state index in [-0.39, 0.29) is 0 Å². The molecule has 0 aliphatic rings. The molecule has 0 nitrogen and oxygen atoms in total. The Labute approximate surface area is 565 Å². The van der Waals surface area contributed by atoms with Crippen molar-refractivity contribution in [2.75, 3.05) is 0 Å². The van der Waals surface area contributed by atoms with Gasteiger partial charge in [0.25, 0.3) is 0 Å². The van der Waals surface area contributed by atoms with Gasteiger partial charge in [-0.3, -0.25) is 0 Å². The molecule has 0 aliphatic carbocycles. The summed E-state index contributed by atoms with van der Waals surface area (Å²) in [5.41, 5.74) is 14.2. The van der Waals surface area contributed by atoms with E-state index in [9.17, 15) is 0 Å². The fourth-order valence-corrected chi connectivity index (χ4v) is 17.1. The Balaban J connectivity index is 1.09. The molecular weight excluding hydrogens is 1180 g/mol. The van der Waals surface area contributed by atoms with Crippen LogP contribution in [0.15, 0.2) is 352 Å². The van der Waals surface area contributed by atoms with E-state index in [1.165, 1.54) is 218 Å². The summed E-state index contributed by atoms with van der Waals surface area (Å²) in [5, 5.41) is 33.6. The molecule has 98 heavy (non-hydrogen) atoms. The molecule has 450 valence electrons. The third kappa shape index (κ3) is 8.38. The van der Waals surface area contributed by atoms with Crippen molar-refractivity contribution in [3.8, 4) is 66.8 Å². The number of benzene rings is 21. The average Bonchev–Trinajstić information content (AvgIpc) is 0.687. The summed E-state index contributed by atoms with van der Waals surface area (Å²) in [6.07, 6.45) is 0. The standard InChI is InChI=1S/C98H58/c1-7-26-65-52-85-71(46-59(65)20-1)33-15-39-79(85)84-45-44-77-51-64-25-6-12-31-70(64)57-90(77)93(84)98-91-58-76-32-13-14-38-78(76)92(80-40-16-34-72-47-60-21-2-8-27-66(60)53-86(72)80)97(91)95(82-42-18-36-74-49-62-23-4-10-29-68(62)55-88(74)82)94(81-41-17-35-73-48-61-22-3-9-28-67(61)54-87(73)81)96(98)83-43-19-37-75-50-63-24-5-11-30-69(63)56-89(75)83/h1-58H. The van der Waals surface area contributed by atoms with Crippen molar-refractivity contribution in [1.29, 1.82) is 0 Å². The van der Waals surface area contributed by atoms with Gasteiger partial charge in [-0.25, -0.2) is 0 Å². The summed E-state index contributed by atoms with van der Waals surface area (Å²) in [6, 6.07) is 135. The van der Waals surface area contributed by atoms with E-state index in [2.05, 4.69) is 352 Å². The molecule has 21 aromatic carbocycles. The largest absolute Gasteiger partial charge is 0.0616 e. The lowest BCUT2D eigenvalue weighted by Crippen LogP contribution is -2.02. The SMILES string of the molecule is c1ccc2cc3c(-c4ccc5cc6ccccc6cc5c4-c4c(-c5cccc6cc7ccccc7cc56)c(-c5cccc6cc7ccccc7cc56)c(-c5cccc6cc7ccccc7cc56)c5c(-c6cccc7cc8ccccc8cc67)c6ccccc6cc45)cccc3cc2c1. The zero-order valence-corrected chi connectivity index (χ0v) is 53.5. The number of hydrogen-bond donors (Lipinski definition) is 0. The Morgan fingerprint density at radius 1 is 0.102 bits per heavy atom. The van der Waals surface area contributed by atoms with Crippen LogP contribution in [0.5, 0.6) is 0 Å². The van der Waals surface area contributed by atoms with Gasteiger partial charge >= 0.3 is 0 Å². The molecule has 21 aromatic rings. The second-order valence-corrected chi connectivity index (χ2v) is 26.9. The van der Waals surface area contributed by atoms with Crippen LogP contribution in [-0.4, -0.2) is 0 Å². The van der Waals surface area contributed by atoms with Gasteiger partial charge in [0.15, 0.2) is 0 Å². The van der Waals surface area contributed by atoms with Crippen molar-refractivity contribution in [3.63, 3.8) is 0 Å². The summed E-state index contributed by atoms with van der Waals surface area (Å²) < 4.78 is 0. The zero-order chi connectivity index (χ0) is 64.1. The maximum atomic E-state index is 2.60. The first-order chi connectivity index (χ1) is 48.6. The molecule has 21 rings (SSSR count). The predicted octanol–water partition coefficient (Wildman–Crippen LogP) is 27.8. The highest BCUT2D eigenvalue weighted by Gasteiger charge is 2.32. The molecule has 0 fully saturated rings. The van der Waals surface area contributed by atoms with Gasteiger partial charge in [-0.2, -0.15) is 0 Å². The topological polar surface area (TPSA) is 0 Å². The molecule has 0 saturated heterocycles.